The molecule has 8 heteroatoms. The number of rotatable bonds is 6. The minimum atomic E-state index is -1.17. The molecule has 1 aromatic carbocycles. The first-order valence-corrected chi connectivity index (χ1v) is 14.3. The lowest BCUT2D eigenvalue weighted by Gasteiger charge is -2.30. The van der Waals surface area contributed by atoms with E-state index in [2.05, 4.69) is 13.8 Å². The molecule has 1 saturated heterocycles. The third kappa shape index (κ3) is 4.43. The Bertz CT molecular complexity index is 1210. The van der Waals surface area contributed by atoms with Gasteiger partial charge in [-0.25, -0.2) is 0 Å². The summed E-state index contributed by atoms with van der Waals surface area (Å²) in [5.41, 5.74) is -0.688. The van der Waals surface area contributed by atoms with Gasteiger partial charge in [-0.1, -0.05) is 58.0 Å². The molecular formula is C32H42O8. The monoisotopic (exact) mass is 554 g/mol. The highest BCUT2D eigenvalue weighted by Crippen LogP contribution is 2.68. The number of benzene rings is 1. The van der Waals surface area contributed by atoms with Crippen LogP contribution in [-0.2, 0) is 44.7 Å². The molecule has 5 rings (SSSR count). The SMILES string of the molecule is CO[C@H]1[C@H]2[C@@H]([C@H](OC(C)=O)[C@@H](C)C(=O)[C@@]34C[C@H](C)[C@H](OC(C)=O)[C@]3(/C=C(\C)[C@H]1OCc1ccccc1)O4)C2(C)C. The average Bonchev–Trinajstić information content (AvgIpc) is 3.68. The molecule has 218 valence electrons. The first-order chi connectivity index (χ1) is 18.8. The molecule has 0 aromatic heterocycles. The van der Waals surface area contributed by atoms with Crippen LogP contribution in [0.15, 0.2) is 42.0 Å². The lowest BCUT2D eigenvalue weighted by molar-refractivity contribution is -0.154. The molecule has 2 saturated carbocycles. The Morgan fingerprint density at radius 1 is 1.00 bits per heavy atom. The van der Waals surface area contributed by atoms with Crippen molar-refractivity contribution in [2.24, 2.45) is 29.1 Å². The number of Topliss-reactive ketones (excluding diaryl/α,β-unsaturated/α-hetero) is 1. The van der Waals surface area contributed by atoms with E-state index in [9.17, 15) is 14.4 Å². The molecular weight excluding hydrogens is 512 g/mol. The molecule has 1 aliphatic heterocycles. The average molecular weight is 555 g/mol. The van der Waals surface area contributed by atoms with Crippen molar-refractivity contribution < 1.29 is 38.1 Å². The van der Waals surface area contributed by atoms with Crippen LogP contribution in [0.5, 0.6) is 0 Å². The fraction of sp³-hybridized carbons (Fsp3) is 0.656. The quantitative estimate of drug-likeness (QED) is 0.289. The maximum Gasteiger partial charge on any atom is 0.303 e. The lowest BCUT2D eigenvalue weighted by atomic mass is 9.80. The number of ketones is 1. The fourth-order valence-electron chi connectivity index (χ4n) is 7.98. The van der Waals surface area contributed by atoms with E-state index in [1.54, 1.807) is 7.11 Å². The van der Waals surface area contributed by atoms with Crippen LogP contribution < -0.4 is 0 Å². The molecule has 10 atom stereocenters. The van der Waals surface area contributed by atoms with Crippen molar-refractivity contribution in [2.45, 2.75) is 97.1 Å². The second-order valence-electron chi connectivity index (χ2n) is 12.8. The van der Waals surface area contributed by atoms with Crippen molar-refractivity contribution in [3.63, 3.8) is 0 Å². The van der Waals surface area contributed by atoms with E-state index in [1.807, 2.05) is 57.2 Å². The van der Waals surface area contributed by atoms with Gasteiger partial charge in [0.05, 0.1) is 18.6 Å². The summed E-state index contributed by atoms with van der Waals surface area (Å²) in [6, 6.07) is 9.92. The Labute approximate surface area is 236 Å². The normalized spacial score (nSPS) is 42.7. The summed E-state index contributed by atoms with van der Waals surface area (Å²) in [6.45, 7) is 13.1. The van der Waals surface area contributed by atoms with Crippen molar-refractivity contribution in [3.05, 3.63) is 47.5 Å². The molecule has 0 radical (unpaired) electrons. The Hall–Kier alpha value is -2.55. The van der Waals surface area contributed by atoms with Gasteiger partial charge in [-0.2, -0.15) is 0 Å². The number of methoxy groups -OCH3 is 1. The summed E-state index contributed by atoms with van der Waals surface area (Å²) in [4.78, 5) is 38.9. The molecule has 0 N–H and O–H groups in total. The van der Waals surface area contributed by atoms with Crippen molar-refractivity contribution in [3.8, 4) is 0 Å². The zero-order valence-corrected chi connectivity index (χ0v) is 24.8. The minimum absolute atomic E-state index is 0.0328. The topological polar surface area (TPSA) is 101 Å². The number of hydrogen-bond acceptors (Lipinski definition) is 8. The Kier molecular flexibility index (Phi) is 7.29. The van der Waals surface area contributed by atoms with Crippen LogP contribution in [0, 0.1) is 29.1 Å². The molecule has 4 aliphatic rings. The maximum absolute atomic E-state index is 14.4. The van der Waals surface area contributed by atoms with Gasteiger partial charge in [0.15, 0.2) is 17.0 Å². The largest absolute Gasteiger partial charge is 0.461 e. The van der Waals surface area contributed by atoms with Crippen LogP contribution >= 0.6 is 0 Å². The Morgan fingerprint density at radius 2 is 1.62 bits per heavy atom. The fourth-order valence-corrected chi connectivity index (χ4v) is 7.98. The highest BCUT2D eigenvalue weighted by atomic mass is 16.7. The molecule has 0 unspecified atom stereocenters. The number of hydrogen-bond donors (Lipinski definition) is 0. The van der Waals surface area contributed by atoms with Crippen LogP contribution in [0.25, 0.3) is 0 Å². The van der Waals surface area contributed by atoms with E-state index < -0.39 is 47.4 Å². The zero-order chi connectivity index (χ0) is 29.2. The van der Waals surface area contributed by atoms with Crippen LogP contribution in [0.3, 0.4) is 0 Å². The predicted octanol–water partition coefficient (Wildman–Crippen LogP) is 4.44. The number of carbonyl (C=O) groups is 3. The van der Waals surface area contributed by atoms with E-state index in [0.717, 1.165) is 11.1 Å². The second kappa shape index (κ2) is 10.1. The van der Waals surface area contributed by atoms with Gasteiger partial charge in [-0.05, 0) is 41.9 Å². The van der Waals surface area contributed by atoms with Gasteiger partial charge >= 0.3 is 11.9 Å². The third-order valence-corrected chi connectivity index (χ3v) is 9.82. The van der Waals surface area contributed by atoms with Crippen molar-refractivity contribution in [1.82, 2.24) is 0 Å². The summed E-state index contributed by atoms with van der Waals surface area (Å²) in [7, 11) is 1.67. The molecule has 8 nitrogen and oxygen atoms in total. The number of epoxide rings is 1. The molecule has 0 spiro atoms. The van der Waals surface area contributed by atoms with Gasteiger partial charge in [-0.15, -0.1) is 0 Å². The number of ether oxygens (including phenoxy) is 5. The molecule has 1 aromatic rings. The van der Waals surface area contributed by atoms with Crippen molar-refractivity contribution in [1.29, 1.82) is 0 Å². The van der Waals surface area contributed by atoms with E-state index in [1.165, 1.54) is 13.8 Å². The Balaban J connectivity index is 1.64. The first-order valence-electron chi connectivity index (χ1n) is 14.3. The van der Waals surface area contributed by atoms with Gasteiger partial charge in [0.2, 0.25) is 0 Å². The summed E-state index contributed by atoms with van der Waals surface area (Å²) < 4.78 is 31.0. The van der Waals surface area contributed by atoms with Gasteiger partial charge in [-0.3, -0.25) is 14.4 Å². The summed E-state index contributed by atoms with van der Waals surface area (Å²) >= 11 is 0. The van der Waals surface area contributed by atoms with E-state index in [4.69, 9.17) is 23.7 Å². The molecule has 3 fully saturated rings. The van der Waals surface area contributed by atoms with Crippen molar-refractivity contribution >= 4 is 17.7 Å². The number of fused-ring (bicyclic) bond motifs is 1. The first kappa shape index (κ1) is 29.0. The second-order valence-corrected chi connectivity index (χ2v) is 12.8. The van der Waals surface area contributed by atoms with Crippen LogP contribution in [0.2, 0.25) is 0 Å². The summed E-state index contributed by atoms with van der Waals surface area (Å²) in [5.74, 6) is -1.87. The molecule has 3 aliphatic carbocycles. The molecule has 1 heterocycles. The van der Waals surface area contributed by atoms with E-state index in [-0.39, 0.29) is 35.1 Å². The highest BCUT2D eigenvalue weighted by Gasteiger charge is 2.84. The molecule has 0 bridgehead atoms. The third-order valence-electron chi connectivity index (χ3n) is 9.82. The zero-order valence-electron chi connectivity index (χ0n) is 24.8. The lowest BCUT2D eigenvalue weighted by Crippen LogP contribution is -2.43. The van der Waals surface area contributed by atoms with Gasteiger partial charge in [0, 0.05) is 32.8 Å². The van der Waals surface area contributed by atoms with Crippen LogP contribution in [0.1, 0.15) is 60.5 Å². The van der Waals surface area contributed by atoms with Crippen LogP contribution in [0.4, 0.5) is 0 Å². The summed E-state index contributed by atoms with van der Waals surface area (Å²) in [5, 5.41) is 0. The van der Waals surface area contributed by atoms with E-state index in [0.29, 0.717) is 13.0 Å². The van der Waals surface area contributed by atoms with Crippen LogP contribution in [-0.4, -0.2) is 60.4 Å². The highest BCUT2D eigenvalue weighted by molar-refractivity contribution is 5.96. The number of carbonyl (C=O) groups excluding carboxylic acids is 3. The van der Waals surface area contributed by atoms with E-state index >= 15 is 0 Å². The standard InChI is InChI=1S/C32H42O8/c1-17-14-32-29(39-21(5)34)18(2)15-31(32,40-32)28(35)19(3)26(38-20(4)33)23-24(30(23,6)7)27(36-8)25(17)37-16-22-12-10-9-11-13-22/h9-14,18-19,23-27,29H,15-16H2,1-8H3/b17-14+/t18-,19+,23-,24+,25+,26+,27-,29-,31-,32-/m0/s1. The van der Waals surface area contributed by atoms with Gasteiger partial charge < -0.3 is 23.7 Å². The maximum atomic E-state index is 14.4. The summed E-state index contributed by atoms with van der Waals surface area (Å²) in [6.07, 6.45) is 0.208. The Morgan fingerprint density at radius 3 is 2.23 bits per heavy atom. The van der Waals surface area contributed by atoms with Gasteiger partial charge in [0.25, 0.3) is 0 Å². The minimum Gasteiger partial charge on any atom is -0.461 e. The molecule has 40 heavy (non-hydrogen) atoms. The predicted molar refractivity (Wildman–Crippen MR) is 146 cm³/mol. The smallest absolute Gasteiger partial charge is 0.303 e. The number of esters is 2. The molecule has 0 amide bonds. The van der Waals surface area contributed by atoms with Gasteiger partial charge in [0.1, 0.15) is 18.3 Å². The van der Waals surface area contributed by atoms with Crippen molar-refractivity contribution in [2.75, 3.05) is 7.11 Å².